The van der Waals surface area contributed by atoms with Gasteiger partial charge in [-0.1, -0.05) is 43.3 Å². The van der Waals surface area contributed by atoms with E-state index in [1.54, 1.807) is 0 Å². The van der Waals surface area contributed by atoms with Crippen molar-refractivity contribution < 1.29 is 0 Å². The molecule has 1 aliphatic rings. The molecular weight excluding hydrogens is 266 g/mol. The van der Waals surface area contributed by atoms with E-state index in [-0.39, 0.29) is 0 Å². The topological polar surface area (TPSA) is 15.8 Å². The first-order chi connectivity index (χ1) is 10.8. The van der Waals surface area contributed by atoms with E-state index in [1.807, 2.05) is 0 Å². The monoisotopic (exact) mass is 283 g/mol. The molecule has 1 aromatic heterocycles. The van der Waals surface area contributed by atoms with Crippen LogP contribution >= 0.6 is 0 Å². The first-order valence-corrected chi connectivity index (χ1v) is 7.94. The molecule has 0 fully saturated rings. The summed E-state index contributed by atoms with van der Waals surface area (Å²) in [6.45, 7) is 2.32. The van der Waals surface area contributed by atoms with Gasteiger partial charge >= 0.3 is 0 Å². The number of rotatable bonds is 0. The molecule has 1 N–H and O–H groups in total. The van der Waals surface area contributed by atoms with Gasteiger partial charge in [-0.15, -0.1) is 0 Å². The van der Waals surface area contributed by atoms with Crippen LogP contribution in [0, 0.1) is 0 Å². The van der Waals surface area contributed by atoms with Crippen LogP contribution in [0.4, 0.5) is 0 Å². The molecule has 1 aliphatic carbocycles. The lowest BCUT2D eigenvalue weighted by Gasteiger charge is -2.18. The van der Waals surface area contributed by atoms with Gasteiger partial charge in [-0.2, -0.15) is 0 Å². The first kappa shape index (κ1) is 12.0. The Morgan fingerprint density at radius 2 is 1.77 bits per heavy atom. The van der Waals surface area contributed by atoms with Crippen molar-refractivity contribution in [2.75, 3.05) is 0 Å². The zero-order chi connectivity index (χ0) is 14.7. The Balaban J connectivity index is 1.90. The van der Waals surface area contributed by atoms with Gasteiger partial charge in [-0.25, -0.2) is 0 Å². The first-order valence-electron chi connectivity index (χ1n) is 7.94. The average molecular weight is 283 g/mol. The fourth-order valence-corrected chi connectivity index (χ4v) is 3.78. The normalized spacial score (nSPS) is 17.4. The number of aromatic amines is 1. The molecule has 1 heterocycles. The molecule has 0 bridgehead atoms. The molecule has 1 atom stereocenters. The highest BCUT2D eigenvalue weighted by atomic mass is 14.7. The van der Waals surface area contributed by atoms with Crippen molar-refractivity contribution in [3.05, 3.63) is 65.7 Å². The fraction of sp³-hybridized carbons (Fsp3) is 0.143. The molecule has 106 valence electrons. The van der Waals surface area contributed by atoms with E-state index < -0.39 is 0 Å². The van der Waals surface area contributed by atoms with Crippen LogP contribution in [-0.2, 0) is 0 Å². The summed E-state index contributed by atoms with van der Waals surface area (Å²) in [7, 11) is 0. The van der Waals surface area contributed by atoms with Crippen LogP contribution < -0.4 is 0 Å². The largest absolute Gasteiger partial charge is 0.354 e. The summed E-state index contributed by atoms with van der Waals surface area (Å²) in [5.74, 6) is 0.614. The second-order valence-electron chi connectivity index (χ2n) is 6.44. The molecule has 0 saturated carbocycles. The maximum atomic E-state index is 3.55. The number of para-hydroxylation sites is 1. The van der Waals surface area contributed by atoms with Crippen molar-refractivity contribution in [3.8, 4) is 0 Å². The van der Waals surface area contributed by atoms with Gasteiger partial charge in [0, 0.05) is 21.8 Å². The van der Waals surface area contributed by atoms with Gasteiger partial charge in [0.1, 0.15) is 0 Å². The highest BCUT2D eigenvalue weighted by molar-refractivity contribution is 6.12. The predicted molar refractivity (Wildman–Crippen MR) is 95.4 cm³/mol. The number of fused-ring (bicyclic) bond motifs is 5. The van der Waals surface area contributed by atoms with Crippen LogP contribution in [-0.4, -0.2) is 4.98 Å². The van der Waals surface area contributed by atoms with Gasteiger partial charge in [-0.3, -0.25) is 0 Å². The maximum Gasteiger partial charge on any atom is 0.0471 e. The Kier molecular flexibility index (Phi) is 2.32. The van der Waals surface area contributed by atoms with Gasteiger partial charge in [0.25, 0.3) is 0 Å². The molecule has 22 heavy (non-hydrogen) atoms. The minimum atomic E-state index is 0.614. The zero-order valence-corrected chi connectivity index (χ0v) is 12.6. The van der Waals surface area contributed by atoms with Crippen LogP contribution in [0.5, 0.6) is 0 Å². The number of H-pyrrole nitrogens is 1. The smallest absolute Gasteiger partial charge is 0.0471 e. The highest BCUT2D eigenvalue weighted by Crippen LogP contribution is 2.35. The Morgan fingerprint density at radius 1 is 0.909 bits per heavy atom. The van der Waals surface area contributed by atoms with Crippen LogP contribution in [0.15, 0.2) is 54.6 Å². The standard InChI is InChI=1S/C21H17N/c1-13-5-4-6-14-9-15-11-19-17-7-2-3-8-20(17)22-21(19)12-16(15)10-18(13)14/h2-4,6-13,22H,5H2,1H3. The number of allylic oxidation sites excluding steroid dienone is 1. The molecule has 1 unspecified atom stereocenters. The molecule has 0 aliphatic heterocycles. The van der Waals surface area contributed by atoms with Crippen molar-refractivity contribution >= 4 is 38.7 Å². The molecule has 0 spiro atoms. The third kappa shape index (κ3) is 1.59. The van der Waals surface area contributed by atoms with Crippen molar-refractivity contribution in [2.24, 2.45) is 0 Å². The Morgan fingerprint density at radius 3 is 2.73 bits per heavy atom. The van der Waals surface area contributed by atoms with Gasteiger partial charge in [-0.05, 0) is 58.5 Å². The highest BCUT2D eigenvalue weighted by Gasteiger charge is 2.14. The molecule has 4 aromatic rings. The van der Waals surface area contributed by atoms with Crippen LogP contribution in [0.2, 0.25) is 0 Å². The number of hydrogen-bond acceptors (Lipinski definition) is 0. The fourth-order valence-electron chi connectivity index (χ4n) is 3.78. The summed E-state index contributed by atoms with van der Waals surface area (Å²) < 4.78 is 0. The van der Waals surface area contributed by atoms with E-state index in [0.29, 0.717) is 5.92 Å². The molecule has 3 aromatic carbocycles. The molecule has 1 heteroatoms. The maximum absolute atomic E-state index is 3.55. The summed E-state index contributed by atoms with van der Waals surface area (Å²) in [5, 5.41) is 5.28. The molecular formula is C21H17N. The Hall–Kier alpha value is -2.54. The lowest BCUT2D eigenvalue weighted by atomic mass is 9.86. The minimum Gasteiger partial charge on any atom is -0.354 e. The SMILES string of the molecule is CC1CC=Cc2cc3cc4c(cc3cc21)[nH]c1ccccc14. The third-order valence-corrected chi connectivity index (χ3v) is 4.98. The number of benzene rings is 3. The summed E-state index contributed by atoms with van der Waals surface area (Å²) in [6, 6.07) is 17.9. The Bertz CT molecular complexity index is 1070. The van der Waals surface area contributed by atoms with Crippen LogP contribution in [0.25, 0.3) is 38.7 Å². The van der Waals surface area contributed by atoms with Crippen molar-refractivity contribution in [3.63, 3.8) is 0 Å². The van der Waals surface area contributed by atoms with E-state index in [9.17, 15) is 0 Å². The van der Waals surface area contributed by atoms with Gasteiger partial charge < -0.3 is 4.98 Å². The predicted octanol–water partition coefficient (Wildman–Crippen LogP) is 5.99. The molecule has 0 radical (unpaired) electrons. The van der Waals surface area contributed by atoms with Gasteiger partial charge in [0.15, 0.2) is 0 Å². The lowest BCUT2D eigenvalue weighted by molar-refractivity contribution is 0.773. The minimum absolute atomic E-state index is 0.614. The van der Waals surface area contributed by atoms with E-state index >= 15 is 0 Å². The van der Waals surface area contributed by atoms with E-state index in [2.05, 4.69) is 72.6 Å². The number of nitrogens with one attached hydrogen (secondary N) is 1. The third-order valence-electron chi connectivity index (χ3n) is 4.98. The van der Waals surface area contributed by atoms with Gasteiger partial charge in [0.05, 0.1) is 0 Å². The van der Waals surface area contributed by atoms with E-state index in [0.717, 1.165) is 6.42 Å². The summed E-state index contributed by atoms with van der Waals surface area (Å²) in [6.07, 6.45) is 5.71. The van der Waals surface area contributed by atoms with E-state index in [4.69, 9.17) is 0 Å². The van der Waals surface area contributed by atoms with Gasteiger partial charge in [0.2, 0.25) is 0 Å². The van der Waals surface area contributed by atoms with Crippen molar-refractivity contribution in [2.45, 2.75) is 19.3 Å². The Labute approximate surface area is 129 Å². The quantitative estimate of drug-likeness (QED) is 0.407. The number of aromatic nitrogens is 1. The zero-order valence-electron chi connectivity index (χ0n) is 12.6. The summed E-state index contributed by atoms with van der Waals surface area (Å²) in [4.78, 5) is 3.55. The second-order valence-corrected chi connectivity index (χ2v) is 6.44. The lowest BCUT2D eigenvalue weighted by Crippen LogP contribution is -1.99. The summed E-state index contributed by atoms with van der Waals surface area (Å²) >= 11 is 0. The van der Waals surface area contributed by atoms with Crippen LogP contribution in [0.3, 0.4) is 0 Å². The second kappa shape index (κ2) is 4.23. The van der Waals surface area contributed by atoms with Crippen molar-refractivity contribution in [1.29, 1.82) is 0 Å². The summed E-state index contributed by atoms with van der Waals surface area (Å²) in [5.41, 5.74) is 5.30. The number of hydrogen-bond donors (Lipinski definition) is 1. The molecule has 5 rings (SSSR count). The molecule has 1 nitrogen and oxygen atoms in total. The van der Waals surface area contributed by atoms with Crippen LogP contribution in [0.1, 0.15) is 30.4 Å². The molecule has 0 saturated heterocycles. The molecule has 0 amide bonds. The van der Waals surface area contributed by atoms with E-state index in [1.165, 1.54) is 43.7 Å². The average Bonchev–Trinajstić information content (AvgIpc) is 2.89. The van der Waals surface area contributed by atoms with Crippen molar-refractivity contribution in [1.82, 2.24) is 4.98 Å².